The Hall–Kier alpha value is -0.500. The second-order valence-electron chi connectivity index (χ2n) is 3.24. The minimum absolute atomic E-state index is 0.303. The van der Waals surface area contributed by atoms with Crippen LogP contribution in [0.25, 0.3) is 0 Å². The van der Waals surface area contributed by atoms with E-state index in [2.05, 4.69) is 18.8 Å². The van der Waals surface area contributed by atoms with E-state index in [1.165, 1.54) is 12.8 Å². The first kappa shape index (κ1) is 6.23. The Morgan fingerprint density at radius 2 is 2.40 bits per heavy atom. The van der Waals surface area contributed by atoms with Gasteiger partial charge in [0.2, 0.25) is 0 Å². The largest absolute Gasteiger partial charge is 0.362 e. The van der Waals surface area contributed by atoms with Crippen LogP contribution in [0.1, 0.15) is 19.8 Å². The van der Waals surface area contributed by atoms with Crippen molar-refractivity contribution in [3.63, 3.8) is 0 Å². The molecule has 2 heteroatoms. The molecular weight excluding hydrogens is 126 g/mol. The van der Waals surface area contributed by atoms with Crippen LogP contribution in [0.15, 0.2) is 12.3 Å². The zero-order valence-electron chi connectivity index (χ0n) is 6.26. The van der Waals surface area contributed by atoms with Crippen LogP contribution in [0.4, 0.5) is 0 Å². The maximum absolute atomic E-state index is 5.30. The van der Waals surface area contributed by atoms with Crippen molar-refractivity contribution in [2.24, 2.45) is 5.92 Å². The van der Waals surface area contributed by atoms with Crippen molar-refractivity contribution >= 4 is 0 Å². The van der Waals surface area contributed by atoms with Crippen LogP contribution in [0.3, 0.4) is 0 Å². The minimum atomic E-state index is 0.303. The number of epoxide rings is 1. The van der Waals surface area contributed by atoms with Gasteiger partial charge >= 0.3 is 0 Å². The molecule has 3 unspecified atom stereocenters. The summed E-state index contributed by atoms with van der Waals surface area (Å²) in [6.45, 7) is 6.15. The summed E-state index contributed by atoms with van der Waals surface area (Å²) in [5, 5.41) is 3.25. The third-order valence-corrected chi connectivity index (χ3v) is 2.39. The molecule has 2 heterocycles. The van der Waals surface area contributed by atoms with Gasteiger partial charge in [0.25, 0.3) is 0 Å². The standard InChI is InChI=1S/C8H13NO/c1-5-3-4-7-8(10-7)9-6(5)2/h5,7-9H,2-4H2,1H3. The van der Waals surface area contributed by atoms with E-state index in [-0.39, 0.29) is 0 Å². The van der Waals surface area contributed by atoms with E-state index >= 15 is 0 Å². The number of nitrogens with one attached hydrogen (secondary N) is 1. The molecule has 3 atom stereocenters. The molecule has 0 saturated carbocycles. The van der Waals surface area contributed by atoms with Crippen molar-refractivity contribution in [1.29, 1.82) is 0 Å². The highest BCUT2D eigenvalue weighted by Crippen LogP contribution is 2.32. The SMILES string of the molecule is C=C1NC2OC2CCC1C. The second kappa shape index (κ2) is 1.99. The molecule has 10 heavy (non-hydrogen) atoms. The summed E-state index contributed by atoms with van der Waals surface area (Å²) in [4.78, 5) is 0. The Balaban J connectivity index is 2.03. The highest BCUT2D eigenvalue weighted by molar-refractivity contribution is 5.04. The van der Waals surface area contributed by atoms with Gasteiger partial charge in [0.1, 0.15) is 6.10 Å². The van der Waals surface area contributed by atoms with Crippen molar-refractivity contribution in [3.8, 4) is 0 Å². The maximum atomic E-state index is 5.30. The van der Waals surface area contributed by atoms with Crippen LogP contribution in [0.5, 0.6) is 0 Å². The maximum Gasteiger partial charge on any atom is 0.154 e. The predicted octanol–water partition coefficient (Wildman–Crippen LogP) is 1.24. The van der Waals surface area contributed by atoms with Gasteiger partial charge in [-0.1, -0.05) is 13.5 Å². The Morgan fingerprint density at radius 3 is 3.20 bits per heavy atom. The normalized spacial score (nSPS) is 45.3. The lowest BCUT2D eigenvalue weighted by atomic mass is 10.0. The molecule has 0 amide bonds. The predicted molar refractivity (Wildman–Crippen MR) is 39.3 cm³/mol. The first-order chi connectivity index (χ1) is 4.77. The van der Waals surface area contributed by atoms with Gasteiger partial charge in [0.15, 0.2) is 6.23 Å². The van der Waals surface area contributed by atoms with Gasteiger partial charge in [-0.2, -0.15) is 0 Å². The van der Waals surface area contributed by atoms with Crippen molar-refractivity contribution in [2.75, 3.05) is 0 Å². The summed E-state index contributed by atoms with van der Waals surface area (Å²) in [5.41, 5.74) is 1.14. The molecule has 2 nitrogen and oxygen atoms in total. The molecule has 0 spiro atoms. The first-order valence-corrected chi connectivity index (χ1v) is 3.88. The lowest BCUT2D eigenvalue weighted by Crippen LogP contribution is -2.19. The van der Waals surface area contributed by atoms with Crippen molar-refractivity contribution < 1.29 is 4.74 Å². The summed E-state index contributed by atoms with van der Waals surface area (Å²) < 4.78 is 5.30. The van der Waals surface area contributed by atoms with Gasteiger partial charge in [-0.3, -0.25) is 0 Å². The van der Waals surface area contributed by atoms with Gasteiger partial charge in [0, 0.05) is 5.70 Å². The van der Waals surface area contributed by atoms with E-state index in [0.29, 0.717) is 18.2 Å². The number of allylic oxidation sites excluding steroid dienone is 1. The molecule has 2 aliphatic heterocycles. The highest BCUT2D eigenvalue weighted by atomic mass is 16.6. The van der Waals surface area contributed by atoms with E-state index in [9.17, 15) is 0 Å². The molecule has 0 aromatic heterocycles. The Bertz CT molecular complexity index is 167. The van der Waals surface area contributed by atoms with E-state index in [1.54, 1.807) is 0 Å². The van der Waals surface area contributed by atoms with Gasteiger partial charge in [-0.25, -0.2) is 0 Å². The van der Waals surface area contributed by atoms with Gasteiger partial charge in [-0.15, -0.1) is 0 Å². The molecule has 56 valence electrons. The molecule has 2 aliphatic rings. The summed E-state index contributed by atoms with van der Waals surface area (Å²) >= 11 is 0. The molecule has 1 N–H and O–H groups in total. The first-order valence-electron chi connectivity index (χ1n) is 3.88. The molecule has 0 radical (unpaired) electrons. The fourth-order valence-corrected chi connectivity index (χ4v) is 1.40. The van der Waals surface area contributed by atoms with Crippen LogP contribution < -0.4 is 5.32 Å². The summed E-state index contributed by atoms with van der Waals surface area (Å²) in [6, 6.07) is 0. The molecule has 2 rings (SSSR count). The number of hydrogen-bond acceptors (Lipinski definition) is 2. The van der Waals surface area contributed by atoms with Crippen LogP contribution in [-0.2, 0) is 4.74 Å². The number of hydrogen-bond donors (Lipinski definition) is 1. The molecular formula is C8H13NO. The smallest absolute Gasteiger partial charge is 0.154 e. The van der Waals surface area contributed by atoms with E-state index < -0.39 is 0 Å². The Kier molecular flexibility index (Phi) is 1.24. The lowest BCUT2D eigenvalue weighted by Gasteiger charge is -2.11. The van der Waals surface area contributed by atoms with Gasteiger partial charge in [0.05, 0.1) is 0 Å². The number of ether oxygens (including phenoxy) is 1. The zero-order valence-corrected chi connectivity index (χ0v) is 6.26. The van der Waals surface area contributed by atoms with Crippen LogP contribution in [0, 0.1) is 5.92 Å². The average Bonchev–Trinajstić information content (AvgIpc) is 2.61. The zero-order chi connectivity index (χ0) is 7.14. The fraction of sp³-hybridized carbons (Fsp3) is 0.750. The number of fused-ring (bicyclic) bond motifs is 1. The van der Waals surface area contributed by atoms with E-state index in [4.69, 9.17) is 4.74 Å². The third kappa shape index (κ3) is 0.926. The topological polar surface area (TPSA) is 24.6 Å². The summed E-state index contributed by atoms with van der Waals surface area (Å²) in [5.74, 6) is 0.622. The summed E-state index contributed by atoms with van der Waals surface area (Å²) in [7, 11) is 0. The van der Waals surface area contributed by atoms with Crippen molar-refractivity contribution in [3.05, 3.63) is 12.3 Å². The van der Waals surface area contributed by atoms with Crippen LogP contribution in [0.2, 0.25) is 0 Å². The Labute approximate surface area is 61.3 Å². The molecule has 0 aliphatic carbocycles. The molecule has 2 saturated heterocycles. The molecule has 0 aromatic carbocycles. The van der Waals surface area contributed by atoms with Crippen molar-refractivity contribution in [2.45, 2.75) is 32.1 Å². The molecule has 0 bridgehead atoms. The fourth-order valence-electron chi connectivity index (χ4n) is 1.40. The van der Waals surface area contributed by atoms with Crippen molar-refractivity contribution in [1.82, 2.24) is 5.32 Å². The number of rotatable bonds is 0. The van der Waals surface area contributed by atoms with Gasteiger partial charge in [-0.05, 0) is 18.8 Å². The van der Waals surface area contributed by atoms with E-state index in [0.717, 1.165) is 5.70 Å². The monoisotopic (exact) mass is 139 g/mol. The average molecular weight is 139 g/mol. The van der Waals surface area contributed by atoms with E-state index in [1.807, 2.05) is 0 Å². The highest BCUT2D eigenvalue weighted by Gasteiger charge is 2.41. The second-order valence-corrected chi connectivity index (χ2v) is 3.24. The van der Waals surface area contributed by atoms with Crippen LogP contribution in [-0.4, -0.2) is 12.3 Å². The quantitative estimate of drug-likeness (QED) is 0.511. The Morgan fingerprint density at radius 1 is 1.60 bits per heavy atom. The van der Waals surface area contributed by atoms with Crippen LogP contribution >= 0.6 is 0 Å². The van der Waals surface area contributed by atoms with Gasteiger partial charge < -0.3 is 10.1 Å². The summed E-state index contributed by atoms with van der Waals surface area (Å²) in [6.07, 6.45) is 3.20. The minimum Gasteiger partial charge on any atom is -0.362 e. The molecule has 2 fully saturated rings. The molecule has 0 aromatic rings. The lowest BCUT2D eigenvalue weighted by molar-refractivity contribution is 0.322. The third-order valence-electron chi connectivity index (χ3n) is 2.39.